The first-order valence-electron chi connectivity index (χ1n) is 5.01. The molecule has 1 atom stereocenters. The third-order valence-electron chi connectivity index (χ3n) is 1.57. The molecule has 0 saturated heterocycles. The van der Waals surface area contributed by atoms with Gasteiger partial charge in [-0.15, -0.1) is 0 Å². The maximum absolute atomic E-state index is 5.58. The van der Waals surface area contributed by atoms with Crippen molar-refractivity contribution in [1.29, 1.82) is 0 Å². The van der Waals surface area contributed by atoms with Gasteiger partial charge < -0.3 is 5.73 Å². The number of rotatable bonds is 6. The summed E-state index contributed by atoms with van der Waals surface area (Å²) in [5.74, 6) is 0. The molecule has 0 rings (SSSR count). The first-order chi connectivity index (χ1) is 6.27. The predicted molar refractivity (Wildman–Crippen MR) is 60.6 cm³/mol. The number of hydrogen-bond acceptors (Lipinski definition) is 1. The topological polar surface area (TPSA) is 26.0 Å². The molecular weight excluding hydrogens is 158 g/mol. The van der Waals surface area contributed by atoms with E-state index in [1.165, 1.54) is 6.42 Å². The van der Waals surface area contributed by atoms with Gasteiger partial charge >= 0.3 is 0 Å². The van der Waals surface area contributed by atoms with Crippen LogP contribution in [0.4, 0.5) is 0 Å². The molecule has 0 aromatic rings. The zero-order valence-corrected chi connectivity index (χ0v) is 8.74. The van der Waals surface area contributed by atoms with E-state index in [4.69, 9.17) is 5.73 Å². The van der Waals surface area contributed by atoms with E-state index in [1.54, 1.807) is 0 Å². The van der Waals surface area contributed by atoms with Gasteiger partial charge in [-0.05, 0) is 19.8 Å². The van der Waals surface area contributed by atoms with E-state index >= 15 is 0 Å². The fourth-order valence-electron chi connectivity index (χ4n) is 0.842. The monoisotopic (exact) mass is 179 g/mol. The molecule has 1 unspecified atom stereocenters. The molecule has 0 amide bonds. The van der Waals surface area contributed by atoms with E-state index in [-0.39, 0.29) is 6.04 Å². The highest BCUT2D eigenvalue weighted by Crippen LogP contribution is 1.91. The van der Waals surface area contributed by atoms with Crippen molar-refractivity contribution < 1.29 is 0 Å². The van der Waals surface area contributed by atoms with E-state index in [2.05, 4.69) is 25.2 Å². The molecule has 0 spiro atoms. The van der Waals surface area contributed by atoms with Gasteiger partial charge in [0.15, 0.2) is 0 Å². The molecule has 1 nitrogen and oxygen atoms in total. The third kappa shape index (κ3) is 11.2. The molecule has 0 aliphatic carbocycles. The van der Waals surface area contributed by atoms with Crippen LogP contribution in [0.15, 0.2) is 36.5 Å². The van der Waals surface area contributed by atoms with Crippen LogP contribution in [0.5, 0.6) is 0 Å². The predicted octanol–water partition coefficient (Wildman–Crippen LogP) is 3.19. The summed E-state index contributed by atoms with van der Waals surface area (Å²) in [5, 5.41) is 0. The van der Waals surface area contributed by atoms with Crippen molar-refractivity contribution in [2.75, 3.05) is 0 Å². The van der Waals surface area contributed by atoms with Gasteiger partial charge in [-0.2, -0.15) is 0 Å². The van der Waals surface area contributed by atoms with Crippen LogP contribution < -0.4 is 5.73 Å². The Morgan fingerprint density at radius 2 is 1.69 bits per heavy atom. The Bertz CT molecular complexity index is 176. The lowest BCUT2D eigenvalue weighted by molar-refractivity contribution is 0.757. The van der Waals surface area contributed by atoms with Crippen molar-refractivity contribution >= 4 is 0 Å². The van der Waals surface area contributed by atoms with Crippen LogP contribution in [0.2, 0.25) is 0 Å². The summed E-state index contributed by atoms with van der Waals surface area (Å²) >= 11 is 0. The van der Waals surface area contributed by atoms with E-state index in [0.717, 1.165) is 12.8 Å². The zero-order chi connectivity index (χ0) is 9.94. The van der Waals surface area contributed by atoms with Crippen LogP contribution in [-0.4, -0.2) is 6.04 Å². The second-order valence-electron chi connectivity index (χ2n) is 3.24. The maximum atomic E-state index is 5.58. The van der Waals surface area contributed by atoms with Crippen LogP contribution >= 0.6 is 0 Å². The van der Waals surface area contributed by atoms with Gasteiger partial charge in [0, 0.05) is 6.04 Å². The van der Waals surface area contributed by atoms with Crippen molar-refractivity contribution in [2.45, 2.75) is 39.2 Å². The highest BCUT2D eigenvalue weighted by Gasteiger charge is 1.84. The molecule has 74 valence electrons. The second kappa shape index (κ2) is 9.27. The maximum Gasteiger partial charge on any atom is 0.00451 e. The minimum absolute atomic E-state index is 0.264. The summed E-state index contributed by atoms with van der Waals surface area (Å²) in [6.45, 7) is 4.19. The van der Waals surface area contributed by atoms with Crippen LogP contribution in [-0.2, 0) is 0 Å². The minimum Gasteiger partial charge on any atom is -0.328 e. The normalized spacial score (nSPS) is 15.0. The van der Waals surface area contributed by atoms with Crippen molar-refractivity contribution in [3.05, 3.63) is 36.5 Å². The summed E-state index contributed by atoms with van der Waals surface area (Å²) < 4.78 is 0. The molecule has 0 aliphatic heterocycles. The Kier molecular flexibility index (Phi) is 8.68. The quantitative estimate of drug-likeness (QED) is 0.623. The molecule has 0 saturated carbocycles. The highest BCUT2D eigenvalue weighted by molar-refractivity contribution is 5.11. The van der Waals surface area contributed by atoms with Gasteiger partial charge in [0.25, 0.3) is 0 Å². The molecule has 0 aromatic carbocycles. The summed E-state index contributed by atoms with van der Waals surface area (Å²) in [4.78, 5) is 0. The largest absolute Gasteiger partial charge is 0.328 e. The highest BCUT2D eigenvalue weighted by atomic mass is 14.6. The Morgan fingerprint density at radius 3 is 2.23 bits per heavy atom. The molecule has 0 aliphatic rings. The number of unbranched alkanes of at least 4 members (excludes halogenated alkanes) is 1. The van der Waals surface area contributed by atoms with Gasteiger partial charge in [0.1, 0.15) is 0 Å². The van der Waals surface area contributed by atoms with Gasteiger partial charge in [0.05, 0.1) is 0 Å². The van der Waals surface area contributed by atoms with Crippen LogP contribution in [0.1, 0.15) is 33.1 Å². The third-order valence-corrected chi connectivity index (χ3v) is 1.57. The fourth-order valence-corrected chi connectivity index (χ4v) is 0.842. The number of allylic oxidation sites excluding steroid dienone is 5. The molecule has 0 aromatic heterocycles. The SMILES string of the molecule is CCC/C=C/C=C\C=C\CC(C)N. The Hall–Kier alpha value is -0.820. The summed E-state index contributed by atoms with van der Waals surface area (Å²) in [5.41, 5.74) is 5.58. The smallest absolute Gasteiger partial charge is 0.00451 e. The molecule has 0 bridgehead atoms. The molecule has 0 fully saturated rings. The fraction of sp³-hybridized carbons (Fsp3) is 0.500. The summed E-state index contributed by atoms with van der Waals surface area (Å²) in [7, 11) is 0. The molecule has 1 heteroatoms. The Morgan fingerprint density at radius 1 is 1.08 bits per heavy atom. The lowest BCUT2D eigenvalue weighted by atomic mass is 10.2. The van der Waals surface area contributed by atoms with E-state index in [9.17, 15) is 0 Å². The summed E-state index contributed by atoms with van der Waals surface area (Å²) in [6.07, 6.45) is 15.8. The minimum atomic E-state index is 0.264. The lowest BCUT2D eigenvalue weighted by Gasteiger charge is -1.95. The molecular formula is C12H21N. The van der Waals surface area contributed by atoms with Crippen molar-refractivity contribution in [1.82, 2.24) is 0 Å². The van der Waals surface area contributed by atoms with E-state index < -0.39 is 0 Å². The second-order valence-corrected chi connectivity index (χ2v) is 3.24. The van der Waals surface area contributed by atoms with Crippen molar-refractivity contribution in [3.8, 4) is 0 Å². The van der Waals surface area contributed by atoms with Gasteiger partial charge in [-0.3, -0.25) is 0 Å². The number of hydrogen-bond donors (Lipinski definition) is 1. The van der Waals surface area contributed by atoms with Crippen LogP contribution in [0, 0.1) is 0 Å². The average molecular weight is 179 g/mol. The first kappa shape index (κ1) is 12.2. The van der Waals surface area contributed by atoms with Crippen LogP contribution in [0.25, 0.3) is 0 Å². The Labute approximate surface area is 82.0 Å². The summed E-state index contributed by atoms with van der Waals surface area (Å²) in [6, 6.07) is 0.264. The molecule has 2 N–H and O–H groups in total. The van der Waals surface area contributed by atoms with Gasteiger partial charge in [-0.1, -0.05) is 49.8 Å². The molecule has 0 heterocycles. The van der Waals surface area contributed by atoms with Gasteiger partial charge in [-0.25, -0.2) is 0 Å². The van der Waals surface area contributed by atoms with Gasteiger partial charge in [0.2, 0.25) is 0 Å². The Balaban J connectivity index is 3.45. The van der Waals surface area contributed by atoms with E-state index in [0.29, 0.717) is 0 Å². The average Bonchev–Trinajstić information content (AvgIpc) is 2.09. The lowest BCUT2D eigenvalue weighted by Crippen LogP contribution is -2.12. The van der Waals surface area contributed by atoms with E-state index in [1.807, 2.05) is 25.2 Å². The standard InChI is InChI=1S/C12H21N/c1-3-4-5-6-7-8-9-10-11-12(2)13/h5-10,12H,3-4,11,13H2,1-2H3/b6-5+,8-7-,10-9+. The number of nitrogens with two attached hydrogens (primary N) is 1. The van der Waals surface area contributed by atoms with Crippen molar-refractivity contribution in [3.63, 3.8) is 0 Å². The molecule has 0 radical (unpaired) electrons. The zero-order valence-electron chi connectivity index (χ0n) is 8.74. The van der Waals surface area contributed by atoms with Crippen molar-refractivity contribution in [2.24, 2.45) is 5.73 Å². The van der Waals surface area contributed by atoms with Crippen LogP contribution in [0.3, 0.4) is 0 Å². The first-order valence-corrected chi connectivity index (χ1v) is 5.01. The molecule has 13 heavy (non-hydrogen) atoms.